The Labute approximate surface area is 121 Å². The van der Waals surface area contributed by atoms with Crippen LogP contribution in [0.15, 0.2) is 30.0 Å². The van der Waals surface area contributed by atoms with E-state index < -0.39 is 11.8 Å². The first-order chi connectivity index (χ1) is 10.1. The Morgan fingerprint density at radius 1 is 1.14 bits per heavy atom. The van der Waals surface area contributed by atoms with Gasteiger partial charge in [-0.1, -0.05) is 6.07 Å². The second-order valence-electron chi connectivity index (χ2n) is 5.08. The summed E-state index contributed by atoms with van der Waals surface area (Å²) in [5.41, 5.74) is 2.81. The minimum Gasteiger partial charge on any atom is -0.395 e. The fraction of sp³-hybridized carbons (Fsp3) is 0.267. The maximum atomic E-state index is 12.0. The Kier molecular flexibility index (Phi) is 3.31. The molecule has 0 aromatic heterocycles. The Morgan fingerprint density at radius 2 is 1.90 bits per heavy atom. The molecule has 0 radical (unpaired) electrons. The third-order valence-corrected chi connectivity index (χ3v) is 3.59. The number of carbonyl (C=O) groups is 3. The molecule has 6 heteroatoms. The highest BCUT2D eigenvalue weighted by molar-refractivity contribution is 6.17. The van der Waals surface area contributed by atoms with E-state index in [9.17, 15) is 14.4 Å². The standard InChI is InChI=1S/C15H14N2O4/c18-4-3-17-14(20)8-13(15(17)21)16-11-2-1-9-6-12(19)7-10(9)5-11/h1-2,5,8,16,18H,3-4,6-7H2. The van der Waals surface area contributed by atoms with Crippen molar-refractivity contribution in [1.29, 1.82) is 0 Å². The molecule has 0 unspecified atom stereocenters. The van der Waals surface area contributed by atoms with Crippen molar-refractivity contribution in [3.05, 3.63) is 41.1 Å². The molecule has 0 bridgehead atoms. The molecule has 108 valence electrons. The fourth-order valence-electron chi connectivity index (χ4n) is 2.59. The summed E-state index contributed by atoms with van der Waals surface area (Å²) >= 11 is 0. The zero-order valence-corrected chi connectivity index (χ0v) is 11.3. The van der Waals surface area contributed by atoms with E-state index >= 15 is 0 Å². The molecule has 0 saturated carbocycles. The van der Waals surface area contributed by atoms with Crippen molar-refractivity contribution in [3.63, 3.8) is 0 Å². The molecule has 1 aliphatic heterocycles. The minimum atomic E-state index is -0.453. The van der Waals surface area contributed by atoms with E-state index in [1.165, 1.54) is 6.08 Å². The quantitative estimate of drug-likeness (QED) is 0.762. The summed E-state index contributed by atoms with van der Waals surface area (Å²) in [5, 5.41) is 11.8. The number of benzene rings is 1. The molecule has 1 heterocycles. The Hall–Kier alpha value is -2.47. The van der Waals surface area contributed by atoms with Gasteiger partial charge in [0.2, 0.25) is 0 Å². The molecule has 21 heavy (non-hydrogen) atoms. The maximum absolute atomic E-state index is 12.0. The van der Waals surface area contributed by atoms with Crippen LogP contribution in [0.4, 0.5) is 5.69 Å². The van der Waals surface area contributed by atoms with E-state index in [-0.39, 0.29) is 24.6 Å². The first-order valence-corrected chi connectivity index (χ1v) is 6.67. The highest BCUT2D eigenvalue weighted by Gasteiger charge is 2.30. The van der Waals surface area contributed by atoms with E-state index in [2.05, 4.69) is 5.32 Å². The van der Waals surface area contributed by atoms with Gasteiger partial charge in [-0.05, 0) is 23.3 Å². The number of imide groups is 1. The number of hydrogen-bond acceptors (Lipinski definition) is 5. The number of β-amino-alcohol motifs (C(OH)–C–C–N with tert-alkyl or cyclic N) is 1. The SMILES string of the molecule is O=C1Cc2ccc(NC3=CC(=O)N(CCO)C3=O)cc2C1. The molecule has 3 rings (SSSR count). The highest BCUT2D eigenvalue weighted by atomic mass is 16.3. The van der Waals surface area contributed by atoms with Crippen LogP contribution in [0.2, 0.25) is 0 Å². The predicted octanol–water partition coefficient (Wildman–Crippen LogP) is 0.0112. The number of aliphatic hydroxyl groups excluding tert-OH is 1. The van der Waals surface area contributed by atoms with Crippen molar-refractivity contribution in [2.45, 2.75) is 12.8 Å². The van der Waals surface area contributed by atoms with Crippen LogP contribution in [0, 0.1) is 0 Å². The van der Waals surface area contributed by atoms with Crippen molar-refractivity contribution in [2.75, 3.05) is 18.5 Å². The van der Waals surface area contributed by atoms with Gasteiger partial charge in [0.1, 0.15) is 11.5 Å². The van der Waals surface area contributed by atoms with Crippen LogP contribution in [0.25, 0.3) is 0 Å². The van der Waals surface area contributed by atoms with Crippen molar-refractivity contribution in [2.24, 2.45) is 0 Å². The number of hydrogen-bond donors (Lipinski definition) is 2. The molecular formula is C15H14N2O4. The van der Waals surface area contributed by atoms with E-state index in [0.29, 0.717) is 18.5 Å². The van der Waals surface area contributed by atoms with Gasteiger partial charge in [0.05, 0.1) is 13.2 Å². The van der Waals surface area contributed by atoms with Gasteiger partial charge in [0.15, 0.2) is 0 Å². The summed E-state index contributed by atoms with van der Waals surface area (Å²) in [6.45, 7) is -0.280. The van der Waals surface area contributed by atoms with Crippen molar-refractivity contribution in [1.82, 2.24) is 4.90 Å². The van der Waals surface area contributed by atoms with Crippen molar-refractivity contribution < 1.29 is 19.5 Å². The molecule has 0 spiro atoms. The van der Waals surface area contributed by atoms with Crippen LogP contribution in [0.5, 0.6) is 0 Å². The summed E-state index contributed by atoms with van der Waals surface area (Å²) in [5.74, 6) is -0.707. The Bertz CT molecular complexity index is 678. The lowest BCUT2D eigenvalue weighted by Gasteiger charge is -2.13. The smallest absolute Gasteiger partial charge is 0.277 e. The zero-order chi connectivity index (χ0) is 15.0. The second kappa shape index (κ2) is 5.14. The number of Topliss-reactive ketones (excluding diaryl/α,β-unsaturated/α-hetero) is 1. The van der Waals surface area contributed by atoms with E-state index in [1.807, 2.05) is 12.1 Å². The average molecular weight is 286 g/mol. The van der Waals surface area contributed by atoms with Crippen LogP contribution in [-0.4, -0.2) is 40.8 Å². The van der Waals surface area contributed by atoms with Gasteiger partial charge in [-0.25, -0.2) is 0 Å². The van der Waals surface area contributed by atoms with Gasteiger partial charge in [0, 0.05) is 24.6 Å². The van der Waals surface area contributed by atoms with Crippen LogP contribution in [-0.2, 0) is 27.2 Å². The highest BCUT2D eigenvalue weighted by Crippen LogP contribution is 2.25. The van der Waals surface area contributed by atoms with Gasteiger partial charge < -0.3 is 10.4 Å². The first-order valence-electron chi connectivity index (χ1n) is 6.67. The van der Waals surface area contributed by atoms with E-state index in [4.69, 9.17) is 5.11 Å². The lowest BCUT2D eigenvalue weighted by Crippen LogP contribution is -2.34. The molecular weight excluding hydrogens is 272 g/mol. The number of ketones is 1. The molecule has 1 aromatic carbocycles. The summed E-state index contributed by atoms with van der Waals surface area (Å²) in [4.78, 5) is 36.0. The Morgan fingerprint density at radius 3 is 2.67 bits per heavy atom. The molecule has 0 saturated heterocycles. The number of rotatable bonds is 4. The third-order valence-electron chi connectivity index (χ3n) is 3.59. The number of anilines is 1. The molecule has 1 aliphatic carbocycles. The topological polar surface area (TPSA) is 86.7 Å². The van der Waals surface area contributed by atoms with Crippen LogP contribution >= 0.6 is 0 Å². The number of nitrogens with zero attached hydrogens (tertiary/aromatic N) is 1. The summed E-state index contributed by atoms with van der Waals surface area (Å²) in [6, 6.07) is 5.47. The fourth-order valence-corrected chi connectivity index (χ4v) is 2.59. The van der Waals surface area contributed by atoms with E-state index in [0.717, 1.165) is 16.0 Å². The number of nitrogens with one attached hydrogen (secondary N) is 1. The summed E-state index contributed by atoms with van der Waals surface area (Å²) < 4.78 is 0. The lowest BCUT2D eigenvalue weighted by molar-refractivity contribution is -0.137. The molecule has 6 nitrogen and oxygen atoms in total. The zero-order valence-electron chi connectivity index (χ0n) is 11.3. The van der Waals surface area contributed by atoms with Crippen LogP contribution < -0.4 is 5.32 Å². The number of carbonyl (C=O) groups excluding carboxylic acids is 3. The monoisotopic (exact) mass is 286 g/mol. The number of amides is 2. The van der Waals surface area contributed by atoms with Crippen molar-refractivity contribution in [3.8, 4) is 0 Å². The van der Waals surface area contributed by atoms with Gasteiger partial charge in [0.25, 0.3) is 11.8 Å². The largest absolute Gasteiger partial charge is 0.395 e. The van der Waals surface area contributed by atoms with Gasteiger partial charge in [-0.2, -0.15) is 0 Å². The number of aliphatic hydroxyl groups is 1. The predicted molar refractivity (Wildman–Crippen MR) is 74.4 cm³/mol. The molecule has 1 aromatic rings. The van der Waals surface area contributed by atoms with Gasteiger partial charge >= 0.3 is 0 Å². The molecule has 0 fully saturated rings. The van der Waals surface area contributed by atoms with Crippen molar-refractivity contribution >= 4 is 23.3 Å². The van der Waals surface area contributed by atoms with Gasteiger partial charge in [-0.15, -0.1) is 0 Å². The van der Waals surface area contributed by atoms with Gasteiger partial charge in [-0.3, -0.25) is 19.3 Å². The van der Waals surface area contributed by atoms with E-state index in [1.54, 1.807) is 6.07 Å². The third kappa shape index (κ3) is 2.45. The number of fused-ring (bicyclic) bond motifs is 1. The molecule has 2 amide bonds. The minimum absolute atomic E-state index is 0.0158. The van der Waals surface area contributed by atoms with Crippen LogP contribution in [0.1, 0.15) is 11.1 Å². The second-order valence-corrected chi connectivity index (χ2v) is 5.08. The molecule has 2 N–H and O–H groups in total. The summed E-state index contributed by atoms with van der Waals surface area (Å²) in [7, 11) is 0. The molecule has 0 atom stereocenters. The van der Waals surface area contributed by atoms with Crippen LogP contribution in [0.3, 0.4) is 0 Å². The normalized spacial score (nSPS) is 17.3. The first kappa shape index (κ1) is 13.5. The maximum Gasteiger partial charge on any atom is 0.277 e. The average Bonchev–Trinajstić information content (AvgIpc) is 2.93. The molecule has 2 aliphatic rings. The summed E-state index contributed by atoms with van der Waals surface area (Å²) in [6.07, 6.45) is 2.09. The lowest BCUT2D eigenvalue weighted by atomic mass is 10.1. The Balaban J connectivity index is 1.78.